The van der Waals surface area contributed by atoms with Gasteiger partial charge in [-0.25, -0.2) is 0 Å². The second-order valence-electron chi connectivity index (χ2n) is 6.78. The van der Waals surface area contributed by atoms with Crippen molar-refractivity contribution in [3.63, 3.8) is 0 Å². The zero-order valence-corrected chi connectivity index (χ0v) is 12.9. The number of hydrogen-bond donors (Lipinski definition) is 1. The lowest BCUT2D eigenvalue weighted by molar-refractivity contribution is -0.123. The molecule has 22 heavy (non-hydrogen) atoms. The van der Waals surface area contributed by atoms with E-state index in [1.54, 1.807) is 0 Å². The van der Waals surface area contributed by atoms with Gasteiger partial charge in [-0.05, 0) is 43.3 Å². The van der Waals surface area contributed by atoms with Crippen LogP contribution in [0.15, 0.2) is 36.5 Å². The van der Waals surface area contributed by atoms with Gasteiger partial charge in [-0.1, -0.05) is 18.2 Å². The van der Waals surface area contributed by atoms with E-state index in [1.165, 1.54) is 23.9 Å². The molecule has 1 amide bonds. The summed E-state index contributed by atoms with van der Waals surface area (Å²) in [5.74, 6) is 0.196. The van der Waals surface area contributed by atoms with Crippen molar-refractivity contribution < 1.29 is 4.79 Å². The van der Waals surface area contributed by atoms with E-state index in [2.05, 4.69) is 39.2 Å². The molecule has 2 atom stereocenters. The topological polar surface area (TPSA) is 37.3 Å². The molecule has 0 radical (unpaired) electrons. The number of rotatable bonds is 4. The zero-order chi connectivity index (χ0) is 15.0. The van der Waals surface area contributed by atoms with E-state index in [9.17, 15) is 4.79 Å². The van der Waals surface area contributed by atoms with Crippen molar-refractivity contribution in [1.82, 2.24) is 14.8 Å². The highest BCUT2D eigenvalue weighted by Crippen LogP contribution is 2.31. The molecule has 3 heterocycles. The van der Waals surface area contributed by atoms with Gasteiger partial charge in [0.15, 0.2) is 0 Å². The smallest absolute Gasteiger partial charge is 0.222 e. The number of aromatic nitrogens is 1. The summed E-state index contributed by atoms with van der Waals surface area (Å²) in [6, 6.07) is 10.4. The second-order valence-corrected chi connectivity index (χ2v) is 6.78. The van der Waals surface area contributed by atoms with Crippen LogP contribution >= 0.6 is 0 Å². The number of hydrogen-bond acceptors (Lipinski definition) is 2. The van der Waals surface area contributed by atoms with Crippen LogP contribution in [0.5, 0.6) is 0 Å². The first-order valence-electron chi connectivity index (χ1n) is 8.31. The van der Waals surface area contributed by atoms with Crippen LogP contribution in [-0.4, -0.2) is 40.5 Å². The van der Waals surface area contributed by atoms with Crippen molar-refractivity contribution in [2.75, 3.05) is 19.6 Å². The Morgan fingerprint density at radius 2 is 2.09 bits per heavy atom. The summed E-state index contributed by atoms with van der Waals surface area (Å²) in [7, 11) is 0. The van der Waals surface area contributed by atoms with Crippen molar-refractivity contribution in [2.45, 2.75) is 37.8 Å². The fourth-order valence-corrected chi connectivity index (χ4v) is 4.07. The zero-order valence-electron chi connectivity index (χ0n) is 12.9. The highest BCUT2D eigenvalue weighted by molar-refractivity contribution is 5.80. The Hall–Kier alpha value is -1.81. The van der Waals surface area contributed by atoms with Crippen molar-refractivity contribution in [3.8, 4) is 0 Å². The second kappa shape index (κ2) is 5.43. The lowest BCUT2D eigenvalue weighted by Gasteiger charge is -2.34. The maximum absolute atomic E-state index is 12.4. The van der Waals surface area contributed by atoms with Crippen molar-refractivity contribution in [3.05, 3.63) is 36.5 Å². The molecule has 4 rings (SSSR count). The molecule has 2 aliphatic rings. The first kappa shape index (κ1) is 13.8. The molecule has 0 spiro atoms. The van der Waals surface area contributed by atoms with Gasteiger partial charge in [-0.15, -0.1) is 0 Å². The Bertz CT molecular complexity index is 688. The number of carbonyl (C=O) groups is 1. The molecule has 2 fully saturated rings. The number of nitrogens with zero attached hydrogens (tertiary/aromatic N) is 2. The van der Waals surface area contributed by atoms with E-state index >= 15 is 0 Å². The van der Waals surface area contributed by atoms with Gasteiger partial charge in [0.25, 0.3) is 0 Å². The Morgan fingerprint density at radius 1 is 1.18 bits per heavy atom. The maximum Gasteiger partial charge on any atom is 0.222 e. The van der Waals surface area contributed by atoms with E-state index in [4.69, 9.17) is 0 Å². The predicted octanol–water partition coefficient (Wildman–Crippen LogP) is 2.39. The number of carbonyl (C=O) groups excluding carboxylic acids is 1. The summed E-state index contributed by atoms with van der Waals surface area (Å²) in [4.78, 5) is 14.9. The molecule has 0 aliphatic carbocycles. The molecule has 116 valence electrons. The van der Waals surface area contributed by atoms with Gasteiger partial charge in [0.1, 0.15) is 0 Å². The Morgan fingerprint density at radius 3 is 3.05 bits per heavy atom. The molecule has 4 heteroatoms. The Labute approximate surface area is 131 Å². The Kier molecular flexibility index (Phi) is 3.41. The first-order valence-corrected chi connectivity index (χ1v) is 8.31. The van der Waals surface area contributed by atoms with Gasteiger partial charge in [-0.2, -0.15) is 0 Å². The van der Waals surface area contributed by atoms with Gasteiger partial charge in [0, 0.05) is 37.8 Å². The number of benzene rings is 1. The normalized spacial score (nSPS) is 27.2. The molecular formula is C18H23N3O. The number of aryl methyl sites for hydroxylation is 1. The number of para-hydroxylation sites is 1. The molecule has 1 N–H and O–H groups in total. The monoisotopic (exact) mass is 297 g/mol. The summed E-state index contributed by atoms with van der Waals surface area (Å²) in [6.07, 6.45) is 6.10. The summed E-state index contributed by atoms with van der Waals surface area (Å²) >= 11 is 0. The van der Waals surface area contributed by atoms with Crippen LogP contribution in [0.3, 0.4) is 0 Å². The number of amides is 1. The fourth-order valence-electron chi connectivity index (χ4n) is 4.07. The van der Waals surface area contributed by atoms with Gasteiger partial charge in [0.05, 0.1) is 5.54 Å². The predicted molar refractivity (Wildman–Crippen MR) is 87.7 cm³/mol. The lowest BCUT2D eigenvalue weighted by atomic mass is 9.90. The van der Waals surface area contributed by atoms with Crippen LogP contribution in [-0.2, 0) is 11.3 Å². The molecule has 1 aromatic heterocycles. The quantitative estimate of drug-likeness (QED) is 0.941. The number of fused-ring (bicyclic) bond motifs is 3. The average molecular weight is 297 g/mol. The van der Waals surface area contributed by atoms with Crippen LogP contribution in [0.2, 0.25) is 0 Å². The number of piperidine rings is 1. The van der Waals surface area contributed by atoms with Gasteiger partial charge in [0.2, 0.25) is 5.91 Å². The van der Waals surface area contributed by atoms with Crippen LogP contribution in [0.25, 0.3) is 10.9 Å². The average Bonchev–Trinajstić information content (AvgIpc) is 3.06. The molecule has 2 aromatic rings. The summed E-state index contributed by atoms with van der Waals surface area (Å²) in [6.45, 7) is 4.14. The van der Waals surface area contributed by atoms with Gasteiger partial charge >= 0.3 is 0 Å². The van der Waals surface area contributed by atoms with Crippen LogP contribution in [0.1, 0.15) is 25.7 Å². The molecule has 1 aromatic carbocycles. The Balaban J connectivity index is 1.38. The lowest BCUT2D eigenvalue weighted by Crippen LogP contribution is -2.52. The molecule has 4 nitrogen and oxygen atoms in total. The van der Waals surface area contributed by atoms with Crippen molar-refractivity contribution >= 4 is 16.8 Å². The van der Waals surface area contributed by atoms with Gasteiger partial charge < -0.3 is 14.8 Å². The van der Waals surface area contributed by atoms with Crippen molar-refractivity contribution in [2.24, 2.45) is 0 Å². The fraction of sp³-hybridized carbons (Fsp3) is 0.500. The third-order valence-electron chi connectivity index (χ3n) is 5.23. The van der Waals surface area contributed by atoms with E-state index in [0.717, 1.165) is 32.5 Å². The third kappa shape index (κ3) is 2.52. The van der Waals surface area contributed by atoms with Gasteiger partial charge in [-0.3, -0.25) is 4.79 Å². The SMILES string of the molecule is O=C(CCn1ccc2ccccc21)NC12CCCN(CC1)C2. The van der Waals surface area contributed by atoms with Crippen LogP contribution in [0, 0.1) is 0 Å². The molecular weight excluding hydrogens is 274 g/mol. The van der Waals surface area contributed by atoms with E-state index in [0.29, 0.717) is 6.42 Å². The molecule has 2 aliphatic heterocycles. The third-order valence-corrected chi connectivity index (χ3v) is 5.23. The largest absolute Gasteiger partial charge is 0.349 e. The van der Waals surface area contributed by atoms with Crippen LogP contribution in [0.4, 0.5) is 0 Å². The molecule has 2 saturated heterocycles. The minimum atomic E-state index is 0.0636. The highest BCUT2D eigenvalue weighted by Gasteiger charge is 2.41. The standard InChI is InChI=1S/C18H23N3O/c22-17(19-18-8-3-10-20(14-18)13-9-18)7-12-21-11-6-15-4-1-2-5-16(15)21/h1-2,4-6,11H,3,7-10,12-14H2,(H,19,22). The van der Waals surface area contributed by atoms with E-state index in [-0.39, 0.29) is 11.4 Å². The summed E-state index contributed by atoms with van der Waals surface area (Å²) < 4.78 is 2.18. The minimum Gasteiger partial charge on any atom is -0.349 e. The van der Waals surface area contributed by atoms with Crippen molar-refractivity contribution in [1.29, 1.82) is 0 Å². The molecule has 0 saturated carbocycles. The first-order chi connectivity index (χ1) is 10.7. The highest BCUT2D eigenvalue weighted by atomic mass is 16.1. The summed E-state index contributed by atoms with van der Waals surface area (Å²) in [5, 5.41) is 4.58. The maximum atomic E-state index is 12.4. The molecule has 2 unspecified atom stereocenters. The molecule has 2 bridgehead atoms. The number of nitrogens with one attached hydrogen (secondary N) is 1. The van der Waals surface area contributed by atoms with E-state index < -0.39 is 0 Å². The van der Waals surface area contributed by atoms with E-state index in [1.807, 2.05) is 12.1 Å². The van der Waals surface area contributed by atoms with Crippen LogP contribution < -0.4 is 5.32 Å². The summed E-state index contributed by atoms with van der Waals surface area (Å²) in [5.41, 5.74) is 1.27. The minimum absolute atomic E-state index is 0.0636.